The molecule has 0 unspecified atom stereocenters. The molecule has 0 aromatic heterocycles. The van der Waals surface area contributed by atoms with Gasteiger partial charge < -0.3 is 10.5 Å². The van der Waals surface area contributed by atoms with Gasteiger partial charge in [0.05, 0.1) is 13.2 Å². The van der Waals surface area contributed by atoms with Crippen LogP contribution in [0.5, 0.6) is 0 Å². The van der Waals surface area contributed by atoms with Gasteiger partial charge in [0, 0.05) is 25.9 Å². The number of halogens is 2. The first-order chi connectivity index (χ1) is 8.55. The Kier molecular flexibility index (Phi) is 4.56. The highest BCUT2D eigenvalue weighted by atomic mass is 19.3. The highest BCUT2D eigenvalue weighted by Gasteiger charge is 2.42. The first-order valence-electron chi connectivity index (χ1n) is 6.93. The number of nitrogens with two attached hydrogens (primary N) is 1. The van der Waals surface area contributed by atoms with Gasteiger partial charge in [0.2, 0.25) is 5.92 Å². The zero-order chi connectivity index (χ0) is 13.1. The molecule has 0 radical (unpaired) electrons. The molecule has 0 aromatic rings. The van der Waals surface area contributed by atoms with Gasteiger partial charge in [-0.3, -0.25) is 4.90 Å². The maximum absolute atomic E-state index is 13.2. The van der Waals surface area contributed by atoms with Crippen molar-refractivity contribution in [1.82, 2.24) is 4.90 Å². The van der Waals surface area contributed by atoms with Crippen LogP contribution in [0.1, 0.15) is 32.1 Å². The van der Waals surface area contributed by atoms with Gasteiger partial charge in [-0.1, -0.05) is 0 Å². The molecule has 0 bridgehead atoms. The monoisotopic (exact) mass is 262 g/mol. The molecule has 1 saturated heterocycles. The maximum atomic E-state index is 13.2. The van der Waals surface area contributed by atoms with E-state index in [2.05, 4.69) is 4.90 Å². The van der Waals surface area contributed by atoms with Crippen molar-refractivity contribution in [1.29, 1.82) is 0 Å². The Balaban J connectivity index is 1.81. The average Bonchev–Trinajstić information content (AvgIpc) is 2.40. The van der Waals surface area contributed by atoms with Crippen molar-refractivity contribution in [2.24, 2.45) is 11.1 Å². The van der Waals surface area contributed by atoms with Crippen LogP contribution in [0.4, 0.5) is 8.78 Å². The zero-order valence-corrected chi connectivity index (χ0v) is 11.0. The molecular formula is C13H24F2N2O. The van der Waals surface area contributed by atoms with Crippen LogP contribution in [0, 0.1) is 5.41 Å². The van der Waals surface area contributed by atoms with Crippen LogP contribution >= 0.6 is 0 Å². The van der Waals surface area contributed by atoms with Crippen molar-refractivity contribution >= 4 is 0 Å². The lowest BCUT2D eigenvalue weighted by Crippen LogP contribution is -2.43. The van der Waals surface area contributed by atoms with Gasteiger partial charge in [-0.25, -0.2) is 8.78 Å². The van der Waals surface area contributed by atoms with E-state index in [1.807, 2.05) is 0 Å². The zero-order valence-electron chi connectivity index (χ0n) is 11.0. The summed E-state index contributed by atoms with van der Waals surface area (Å²) in [5.74, 6) is -2.46. The molecule has 0 aromatic carbocycles. The summed E-state index contributed by atoms with van der Waals surface area (Å²) in [5.41, 5.74) is 5.80. The van der Waals surface area contributed by atoms with Gasteiger partial charge in [0.15, 0.2) is 0 Å². The highest BCUT2D eigenvalue weighted by molar-refractivity contribution is 4.90. The minimum Gasteiger partial charge on any atom is -0.379 e. The van der Waals surface area contributed by atoms with Crippen molar-refractivity contribution in [2.45, 2.75) is 38.0 Å². The molecule has 2 fully saturated rings. The van der Waals surface area contributed by atoms with Crippen LogP contribution in [-0.4, -0.2) is 50.2 Å². The molecule has 1 aliphatic carbocycles. The summed E-state index contributed by atoms with van der Waals surface area (Å²) >= 11 is 0. The van der Waals surface area contributed by atoms with Crippen molar-refractivity contribution in [3.63, 3.8) is 0 Å². The van der Waals surface area contributed by atoms with Gasteiger partial charge in [0.1, 0.15) is 0 Å². The molecule has 5 heteroatoms. The second kappa shape index (κ2) is 5.80. The fraction of sp³-hybridized carbons (Fsp3) is 1.00. The third kappa shape index (κ3) is 3.62. The summed E-state index contributed by atoms with van der Waals surface area (Å²) in [4.78, 5) is 2.35. The molecule has 1 heterocycles. The fourth-order valence-corrected chi connectivity index (χ4v) is 2.92. The third-order valence-electron chi connectivity index (χ3n) is 4.54. The van der Waals surface area contributed by atoms with E-state index in [9.17, 15) is 8.78 Å². The van der Waals surface area contributed by atoms with Gasteiger partial charge in [-0.2, -0.15) is 0 Å². The third-order valence-corrected chi connectivity index (χ3v) is 4.54. The van der Waals surface area contributed by atoms with Crippen molar-refractivity contribution in [3.05, 3.63) is 0 Å². The molecule has 18 heavy (non-hydrogen) atoms. The van der Waals surface area contributed by atoms with E-state index in [-0.39, 0.29) is 18.3 Å². The number of hydrogen-bond donors (Lipinski definition) is 1. The van der Waals surface area contributed by atoms with Crippen LogP contribution in [-0.2, 0) is 4.74 Å². The largest absolute Gasteiger partial charge is 0.379 e. The van der Waals surface area contributed by atoms with Crippen LogP contribution < -0.4 is 5.73 Å². The number of rotatable bonds is 4. The number of nitrogens with zero attached hydrogens (tertiary/aromatic N) is 1. The summed E-state index contributed by atoms with van der Waals surface area (Å²) in [6.45, 7) is 4.98. The summed E-state index contributed by atoms with van der Waals surface area (Å²) in [6.07, 6.45) is 2.10. The van der Waals surface area contributed by atoms with Crippen molar-refractivity contribution < 1.29 is 13.5 Å². The lowest BCUT2D eigenvalue weighted by atomic mass is 9.70. The van der Waals surface area contributed by atoms with Gasteiger partial charge in [-0.05, 0) is 37.8 Å². The predicted octanol–water partition coefficient (Wildman–Crippen LogP) is 1.86. The van der Waals surface area contributed by atoms with E-state index in [1.54, 1.807) is 0 Å². The highest BCUT2D eigenvalue weighted by Crippen LogP contribution is 2.45. The molecule has 0 spiro atoms. The molecule has 0 atom stereocenters. The summed E-state index contributed by atoms with van der Waals surface area (Å²) in [7, 11) is 0. The first-order valence-corrected chi connectivity index (χ1v) is 6.93. The second-order valence-electron chi connectivity index (χ2n) is 5.76. The second-order valence-corrected chi connectivity index (χ2v) is 5.76. The number of hydrogen-bond acceptors (Lipinski definition) is 3. The van der Waals surface area contributed by atoms with E-state index in [1.165, 1.54) is 0 Å². The number of alkyl halides is 2. The minimum atomic E-state index is -2.46. The van der Waals surface area contributed by atoms with Gasteiger partial charge in [0.25, 0.3) is 0 Å². The van der Waals surface area contributed by atoms with Crippen LogP contribution in [0.25, 0.3) is 0 Å². The SMILES string of the molecule is NCC1(CCN2CCOCC2)CCC(F)(F)CC1. The average molecular weight is 262 g/mol. The van der Waals surface area contributed by atoms with E-state index >= 15 is 0 Å². The standard InChI is InChI=1S/C13H24F2N2O/c14-13(15)3-1-12(11-16,2-4-13)5-6-17-7-9-18-10-8-17/h1-11,16H2. The quantitative estimate of drug-likeness (QED) is 0.840. The molecule has 0 amide bonds. The van der Waals surface area contributed by atoms with E-state index in [0.29, 0.717) is 19.4 Å². The Morgan fingerprint density at radius 3 is 2.22 bits per heavy atom. The predicted molar refractivity (Wildman–Crippen MR) is 66.8 cm³/mol. The molecule has 1 aliphatic heterocycles. The normalized spacial score (nSPS) is 28.2. The van der Waals surface area contributed by atoms with Crippen molar-refractivity contribution in [3.8, 4) is 0 Å². The summed E-state index contributed by atoms with van der Waals surface area (Å²) < 4.78 is 31.7. The Morgan fingerprint density at radius 1 is 1.06 bits per heavy atom. The van der Waals surface area contributed by atoms with Crippen molar-refractivity contribution in [2.75, 3.05) is 39.4 Å². The Hall–Kier alpha value is -0.260. The molecule has 2 aliphatic rings. The Bertz CT molecular complexity index is 258. The van der Waals surface area contributed by atoms with Gasteiger partial charge in [-0.15, -0.1) is 0 Å². The smallest absolute Gasteiger partial charge is 0.248 e. The van der Waals surface area contributed by atoms with Crippen LogP contribution in [0.3, 0.4) is 0 Å². The van der Waals surface area contributed by atoms with E-state index in [4.69, 9.17) is 10.5 Å². The number of morpholine rings is 1. The lowest BCUT2D eigenvalue weighted by molar-refractivity contribution is -0.0694. The first kappa shape index (κ1) is 14.2. The maximum Gasteiger partial charge on any atom is 0.248 e. The van der Waals surface area contributed by atoms with Crippen LogP contribution in [0.15, 0.2) is 0 Å². The Morgan fingerprint density at radius 2 is 1.67 bits per heavy atom. The molecule has 2 rings (SSSR count). The minimum absolute atomic E-state index is 0.00725. The molecule has 2 N–H and O–H groups in total. The van der Waals surface area contributed by atoms with Gasteiger partial charge >= 0.3 is 0 Å². The van der Waals surface area contributed by atoms with Crippen LogP contribution in [0.2, 0.25) is 0 Å². The molecule has 106 valence electrons. The lowest BCUT2D eigenvalue weighted by Gasteiger charge is -2.41. The van der Waals surface area contributed by atoms with E-state index in [0.717, 1.165) is 39.3 Å². The van der Waals surface area contributed by atoms with E-state index < -0.39 is 5.92 Å². The fourth-order valence-electron chi connectivity index (χ4n) is 2.92. The molecular weight excluding hydrogens is 238 g/mol. The number of ether oxygens (including phenoxy) is 1. The Labute approximate surface area is 108 Å². The summed E-state index contributed by atoms with van der Waals surface area (Å²) in [6, 6.07) is 0. The molecule has 1 saturated carbocycles. The topological polar surface area (TPSA) is 38.5 Å². The molecule has 3 nitrogen and oxygen atoms in total. The summed E-state index contributed by atoms with van der Waals surface area (Å²) in [5, 5.41) is 0.